The SMILES string of the molecule is CCNC(=NCCCS(=O)(=O)Cc1ccccc1)N(C)Cc1ccccc1C.I. The highest BCUT2D eigenvalue weighted by Crippen LogP contribution is 2.10. The number of sulfone groups is 1. The molecule has 0 amide bonds. The number of halogens is 1. The first-order chi connectivity index (χ1) is 13.4. The van der Waals surface area contributed by atoms with E-state index in [0.717, 1.165) is 24.6 Å². The molecule has 0 aliphatic rings. The quantitative estimate of drug-likeness (QED) is 0.231. The highest BCUT2D eigenvalue weighted by atomic mass is 127. The van der Waals surface area contributed by atoms with Gasteiger partial charge in [0, 0.05) is 26.7 Å². The minimum Gasteiger partial charge on any atom is -0.357 e. The molecule has 29 heavy (non-hydrogen) atoms. The van der Waals surface area contributed by atoms with Gasteiger partial charge in [0.2, 0.25) is 0 Å². The van der Waals surface area contributed by atoms with Crippen molar-refractivity contribution in [3.05, 3.63) is 71.3 Å². The number of aliphatic imine (C=N–C) groups is 1. The lowest BCUT2D eigenvalue weighted by atomic mass is 10.1. The van der Waals surface area contributed by atoms with Crippen LogP contribution in [0, 0.1) is 6.92 Å². The molecule has 0 fully saturated rings. The number of rotatable bonds is 9. The molecular weight excluding hydrogens is 497 g/mol. The maximum atomic E-state index is 12.3. The van der Waals surface area contributed by atoms with Crippen molar-refractivity contribution in [2.75, 3.05) is 25.9 Å². The first kappa shape index (κ1) is 25.4. The molecular formula is C22H32IN3O2S. The number of nitrogens with zero attached hydrogens (tertiary/aromatic N) is 2. The maximum absolute atomic E-state index is 12.3. The molecule has 0 aliphatic carbocycles. The van der Waals surface area contributed by atoms with Crippen LogP contribution >= 0.6 is 24.0 Å². The number of hydrogen-bond donors (Lipinski definition) is 1. The zero-order valence-electron chi connectivity index (χ0n) is 17.5. The summed E-state index contributed by atoms with van der Waals surface area (Å²) in [5.74, 6) is 1.03. The van der Waals surface area contributed by atoms with Gasteiger partial charge in [0.15, 0.2) is 15.8 Å². The Hall–Kier alpha value is -1.61. The number of nitrogens with one attached hydrogen (secondary N) is 1. The zero-order valence-corrected chi connectivity index (χ0v) is 20.6. The van der Waals surface area contributed by atoms with E-state index in [1.54, 1.807) is 0 Å². The molecule has 1 N–H and O–H groups in total. The van der Waals surface area contributed by atoms with Gasteiger partial charge >= 0.3 is 0 Å². The van der Waals surface area contributed by atoms with E-state index in [1.165, 1.54) is 11.1 Å². The van der Waals surface area contributed by atoms with Crippen LogP contribution in [0.3, 0.4) is 0 Å². The number of guanidine groups is 1. The Labute approximate surface area is 192 Å². The van der Waals surface area contributed by atoms with Crippen LogP contribution in [0.5, 0.6) is 0 Å². The lowest BCUT2D eigenvalue weighted by Crippen LogP contribution is -2.38. The van der Waals surface area contributed by atoms with Crippen molar-refractivity contribution in [1.29, 1.82) is 0 Å². The molecule has 5 nitrogen and oxygen atoms in total. The number of hydrogen-bond acceptors (Lipinski definition) is 3. The van der Waals surface area contributed by atoms with Crippen molar-refractivity contribution in [3.63, 3.8) is 0 Å². The van der Waals surface area contributed by atoms with E-state index in [9.17, 15) is 8.42 Å². The van der Waals surface area contributed by atoms with Crippen molar-refractivity contribution < 1.29 is 8.42 Å². The van der Waals surface area contributed by atoms with E-state index in [0.29, 0.717) is 13.0 Å². The Bertz CT molecular complexity index is 871. The van der Waals surface area contributed by atoms with Crippen LogP contribution in [-0.2, 0) is 22.1 Å². The average Bonchev–Trinajstić information content (AvgIpc) is 2.66. The predicted molar refractivity (Wildman–Crippen MR) is 133 cm³/mol. The van der Waals surface area contributed by atoms with E-state index in [1.807, 2.05) is 56.4 Å². The summed E-state index contributed by atoms with van der Waals surface area (Å²) in [6.07, 6.45) is 0.516. The first-order valence-electron chi connectivity index (χ1n) is 9.69. The van der Waals surface area contributed by atoms with E-state index in [-0.39, 0.29) is 35.5 Å². The summed E-state index contributed by atoms with van der Waals surface area (Å²) in [4.78, 5) is 6.69. The van der Waals surface area contributed by atoms with Gasteiger partial charge in [-0.05, 0) is 37.0 Å². The molecule has 0 aromatic heterocycles. The minimum absolute atomic E-state index is 0. The van der Waals surface area contributed by atoms with E-state index < -0.39 is 9.84 Å². The van der Waals surface area contributed by atoms with Crippen LogP contribution < -0.4 is 5.32 Å². The first-order valence-corrected chi connectivity index (χ1v) is 11.5. The fourth-order valence-corrected chi connectivity index (χ4v) is 4.37. The van der Waals surface area contributed by atoms with Crippen molar-refractivity contribution >= 4 is 39.8 Å². The van der Waals surface area contributed by atoms with Crippen LogP contribution in [-0.4, -0.2) is 45.2 Å². The summed E-state index contributed by atoms with van der Waals surface area (Å²) in [6.45, 7) is 6.13. The van der Waals surface area contributed by atoms with Crippen molar-refractivity contribution in [2.45, 2.75) is 32.6 Å². The van der Waals surface area contributed by atoms with Gasteiger partial charge in [0.05, 0.1) is 11.5 Å². The normalized spacial score (nSPS) is 11.6. The van der Waals surface area contributed by atoms with Gasteiger partial charge in [-0.1, -0.05) is 54.6 Å². The third-order valence-electron chi connectivity index (χ3n) is 4.47. The second-order valence-electron chi connectivity index (χ2n) is 6.95. The van der Waals surface area contributed by atoms with Crippen LogP contribution in [0.2, 0.25) is 0 Å². The molecule has 2 aromatic rings. The summed E-state index contributed by atoms with van der Waals surface area (Å²) in [5, 5.41) is 3.29. The van der Waals surface area contributed by atoms with Crippen LogP contribution in [0.15, 0.2) is 59.6 Å². The molecule has 0 saturated heterocycles. The van der Waals surface area contributed by atoms with Crippen LogP contribution in [0.1, 0.15) is 30.0 Å². The highest BCUT2D eigenvalue weighted by molar-refractivity contribution is 14.0. The highest BCUT2D eigenvalue weighted by Gasteiger charge is 2.12. The summed E-state index contributed by atoms with van der Waals surface area (Å²) >= 11 is 0. The van der Waals surface area contributed by atoms with Gasteiger partial charge in [0.25, 0.3) is 0 Å². The van der Waals surface area contributed by atoms with Crippen molar-refractivity contribution in [1.82, 2.24) is 10.2 Å². The lowest BCUT2D eigenvalue weighted by molar-refractivity contribution is 0.475. The molecule has 7 heteroatoms. The van der Waals surface area contributed by atoms with E-state index in [2.05, 4.69) is 34.3 Å². The van der Waals surface area contributed by atoms with Crippen molar-refractivity contribution in [2.24, 2.45) is 4.99 Å². The topological polar surface area (TPSA) is 61.8 Å². The van der Waals surface area contributed by atoms with Crippen LogP contribution in [0.4, 0.5) is 0 Å². The Morgan fingerprint density at radius 1 is 1.07 bits per heavy atom. The second kappa shape index (κ2) is 12.8. The summed E-state index contributed by atoms with van der Waals surface area (Å²) in [5.41, 5.74) is 3.33. The summed E-state index contributed by atoms with van der Waals surface area (Å²) in [7, 11) is -1.12. The third kappa shape index (κ3) is 9.16. The Morgan fingerprint density at radius 3 is 2.38 bits per heavy atom. The molecule has 160 valence electrons. The zero-order chi connectivity index (χ0) is 20.4. The molecule has 2 rings (SSSR count). The number of benzene rings is 2. The molecule has 0 heterocycles. The molecule has 0 unspecified atom stereocenters. The fourth-order valence-electron chi connectivity index (χ4n) is 2.96. The molecule has 2 aromatic carbocycles. The summed E-state index contributed by atoms with van der Waals surface area (Å²) in [6, 6.07) is 17.6. The molecule has 0 atom stereocenters. The molecule has 0 radical (unpaired) electrons. The smallest absolute Gasteiger partial charge is 0.193 e. The van der Waals surface area contributed by atoms with Gasteiger partial charge in [-0.3, -0.25) is 4.99 Å². The number of aryl methyl sites for hydroxylation is 1. The predicted octanol–water partition coefficient (Wildman–Crippen LogP) is 4.02. The fraction of sp³-hybridized carbons (Fsp3) is 0.409. The van der Waals surface area contributed by atoms with Gasteiger partial charge in [-0.15, -0.1) is 24.0 Å². The molecule has 0 saturated carbocycles. The van der Waals surface area contributed by atoms with E-state index in [4.69, 9.17) is 0 Å². The van der Waals surface area contributed by atoms with Crippen LogP contribution in [0.25, 0.3) is 0 Å². The van der Waals surface area contributed by atoms with Gasteiger partial charge in [-0.2, -0.15) is 0 Å². The van der Waals surface area contributed by atoms with Crippen molar-refractivity contribution in [3.8, 4) is 0 Å². The molecule has 0 bridgehead atoms. The van der Waals surface area contributed by atoms with Gasteiger partial charge in [-0.25, -0.2) is 8.42 Å². The Balaban J connectivity index is 0.00000420. The third-order valence-corrected chi connectivity index (χ3v) is 6.15. The monoisotopic (exact) mass is 529 g/mol. The maximum Gasteiger partial charge on any atom is 0.193 e. The molecule has 0 spiro atoms. The van der Waals surface area contributed by atoms with Gasteiger partial charge < -0.3 is 10.2 Å². The molecule has 0 aliphatic heterocycles. The average molecular weight is 529 g/mol. The Morgan fingerprint density at radius 2 is 1.72 bits per heavy atom. The lowest BCUT2D eigenvalue weighted by Gasteiger charge is -2.23. The minimum atomic E-state index is -3.12. The van der Waals surface area contributed by atoms with E-state index >= 15 is 0 Å². The summed E-state index contributed by atoms with van der Waals surface area (Å²) < 4.78 is 24.6. The standard InChI is InChI=1S/C22H31N3O2S.HI/c1-4-23-22(25(3)17-21-14-9-8-11-19(21)2)24-15-10-16-28(26,27)18-20-12-6-5-7-13-20;/h5-9,11-14H,4,10,15-18H2,1-3H3,(H,23,24);1H. The Kier molecular flexibility index (Phi) is 11.3. The van der Waals surface area contributed by atoms with Gasteiger partial charge in [0.1, 0.15) is 0 Å². The largest absolute Gasteiger partial charge is 0.357 e. The second-order valence-corrected chi connectivity index (χ2v) is 9.13.